The van der Waals surface area contributed by atoms with Crippen LogP contribution >= 0.6 is 34.8 Å². The number of halogens is 3. The van der Waals surface area contributed by atoms with Gasteiger partial charge in [-0.2, -0.15) is 0 Å². The van der Waals surface area contributed by atoms with Crippen LogP contribution in [0.5, 0.6) is 5.75 Å². The number of hydrogen-bond donors (Lipinski definition) is 1. The fraction of sp³-hybridized carbons (Fsp3) is 0.154. The Balaban J connectivity index is 2.19. The standard InChI is InChI=1S/C13H10Cl3NO3/c1-19-12-9(15)4-3-8(14)11(12)13(18)17-6-7-2-5-10(16)20-7/h2-5H,6H2,1H3,(H,17,18). The van der Waals surface area contributed by atoms with Gasteiger partial charge in [-0.3, -0.25) is 4.79 Å². The van der Waals surface area contributed by atoms with Crippen LogP contribution in [0, 0.1) is 0 Å². The van der Waals surface area contributed by atoms with Crippen LogP contribution in [0.2, 0.25) is 15.3 Å². The van der Waals surface area contributed by atoms with E-state index in [0.717, 1.165) is 0 Å². The summed E-state index contributed by atoms with van der Waals surface area (Å²) in [7, 11) is 1.42. The lowest BCUT2D eigenvalue weighted by Gasteiger charge is -2.11. The van der Waals surface area contributed by atoms with Gasteiger partial charge in [0.25, 0.3) is 5.91 Å². The van der Waals surface area contributed by atoms with E-state index in [4.69, 9.17) is 44.0 Å². The number of carbonyl (C=O) groups excluding carboxylic acids is 1. The Labute approximate surface area is 130 Å². The van der Waals surface area contributed by atoms with E-state index in [1.807, 2.05) is 0 Å². The van der Waals surface area contributed by atoms with E-state index in [9.17, 15) is 4.79 Å². The molecule has 0 spiro atoms. The topological polar surface area (TPSA) is 51.5 Å². The molecule has 0 fully saturated rings. The smallest absolute Gasteiger partial charge is 0.257 e. The van der Waals surface area contributed by atoms with E-state index in [1.54, 1.807) is 18.2 Å². The highest BCUT2D eigenvalue weighted by Crippen LogP contribution is 2.33. The van der Waals surface area contributed by atoms with E-state index < -0.39 is 5.91 Å². The van der Waals surface area contributed by atoms with Gasteiger partial charge >= 0.3 is 0 Å². The third kappa shape index (κ3) is 3.20. The molecule has 0 saturated heterocycles. The lowest BCUT2D eigenvalue weighted by atomic mass is 10.2. The van der Waals surface area contributed by atoms with Crippen LogP contribution in [0.1, 0.15) is 16.1 Å². The Hall–Kier alpha value is -1.36. The molecule has 0 unspecified atom stereocenters. The second kappa shape index (κ2) is 6.39. The fourth-order valence-corrected chi connectivity index (χ4v) is 2.28. The average molecular weight is 335 g/mol. The van der Waals surface area contributed by atoms with Gasteiger partial charge in [0.1, 0.15) is 11.3 Å². The molecular weight excluding hydrogens is 325 g/mol. The Morgan fingerprint density at radius 3 is 2.50 bits per heavy atom. The molecule has 0 aliphatic rings. The molecule has 1 amide bonds. The number of carbonyl (C=O) groups is 1. The normalized spacial score (nSPS) is 10.4. The highest BCUT2D eigenvalue weighted by molar-refractivity contribution is 6.37. The van der Waals surface area contributed by atoms with Crippen molar-refractivity contribution in [2.24, 2.45) is 0 Å². The lowest BCUT2D eigenvalue weighted by Crippen LogP contribution is -2.23. The van der Waals surface area contributed by atoms with Gasteiger partial charge in [-0.05, 0) is 35.9 Å². The number of ether oxygens (including phenoxy) is 1. The molecule has 20 heavy (non-hydrogen) atoms. The van der Waals surface area contributed by atoms with Crippen LogP contribution in [0.4, 0.5) is 0 Å². The number of furan rings is 1. The zero-order chi connectivity index (χ0) is 14.7. The third-order valence-electron chi connectivity index (χ3n) is 2.54. The van der Waals surface area contributed by atoms with Crippen molar-refractivity contribution in [2.75, 3.05) is 7.11 Å². The fourth-order valence-electron chi connectivity index (χ4n) is 1.65. The van der Waals surface area contributed by atoms with Crippen molar-refractivity contribution >= 4 is 40.7 Å². The molecule has 0 bridgehead atoms. The van der Waals surface area contributed by atoms with Crippen LogP contribution in [0.3, 0.4) is 0 Å². The van der Waals surface area contributed by atoms with Crippen LogP contribution < -0.4 is 10.1 Å². The van der Waals surface area contributed by atoms with Crippen molar-refractivity contribution in [3.8, 4) is 5.75 Å². The maximum absolute atomic E-state index is 12.2. The largest absolute Gasteiger partial charge is 0.494 e. The first-order valence-electron chi connectivity index (χ1n) is 5.57. The number of amides is 1. The SMILES string of the molecule is COc1c(Cl)ccc(Cl)c1C(=O)NCc1ccc(Cl)o1. The van der Waals surface area contributed by atoms with E-state index >= 15 is 0 Å². The second-order valence-corrected chi connectivity index (χ2v) is 5.01. The Morgan fingerprint density at radius 2 is 1.90 bits per heavy atom. The first-order valence-corrected chi connectivity index (χ1v) is 6.70. The Bertz CT molecular complexity index is 640. The van der Waals surface area contributed by atoms with Crippen LogP contribution in [-0.2, 0) is 6.54 Å². The molecule has 1 aromatic carbocycles. The Kier molecular flexibility index (Phi) is 4.81. The van der Waals surface area contributed by atoms with Crippen LogP contribution in [0.25, 0.3) is 0 Å². The van der Waals surface area contributed by atoms with E-state index in [-0.39, 0.29) is 28.1 Å². The molecule has 0 radical (unpaired) electrons. The molecule has 1 aromatic heterocycles. The summed E-state index contributed by atoms with van der Waals surface area (Å²) in [6, 6.07) is 6.35. The van der Waals surface area contributed by atoms with Gasteiger partial charge in [0.05, 0.1) is 23.7 Å². The predicted molar refractivity (Wildman–Crippen MR) is 77.9 cm³/mol. The number of nitrogens with one attached hydrogen (secondary N) is 1. The van der Waals surface area contributed by atoms with E-state index in [1.165, 1.54) is 13.2 Å². The summed E-state index contributed by atoms with van der Waals surface area (Å²) in [6.07, 6.45) is 0. The van der Waals surface area contributed by atoms with Crippen molar-refractivity contribution in [3.63, 3.8) is 0 Å². The monoisotopic (exact) mass is 333 g/mol. The predicted octanol–water partition coefficient (Wildman–Crippen LogP) is 4.18. The number of methoxy groups -OCH3 is 1. The minimum absolute atomic E-state index is 0.178. The number of hydrogen-bond acceptors (Lipinski definition) is 3. The van der Waals surface area contributed by atoms with Gasteiger partial charge in [-0.1, -0.05) is 23.2 Å². The molecule has 1 heterocycles. The van der Waals surface area contributed by atoms with Crippen LogP contribution in [0.15, 0.2) is 28.7 Å². The summed E-state index contributed by atoms with van der Waals surface area (Å²) < 4.78 is 10.3. The van der Waals surface area contributed by atoms with Gasteiger partial charge in [-0.15, -0.1) is 0 Å². The molecular formula is C13H10Cl3NO3. The molecule has 0 atom stereocenters. The van der Waals surface area contributed by atoms with Crippen LogP contribution in [-0.4, -0.2) is 13.0 Å². The minimum Gasteiger partial charge on any atom is -0.494 e. The first-order chi connectivity index (χ1) is 9.52. The summed E-state index contributed by atoms with van der Waals surface area (Å²) >= 11 is 17.6. The molecule has 0 aliphatic heterocycles. The van der Waals surface area contributed by atoms with E-state index in [2.05, 4.69) is 5.32 Å². The zero-order valence-electron chi connectivity index (χ0n) is 10.4. The van der Waals surface area contributed by atoms with Crippen molar-refractivity contribution in [3.05, 3.63) is 50.9 Å². The van der Waals surface area contributed by atoms with Gasteiger partial charge in [-0.25, -0.2) is 0 Å². The van der Waals surface area contributed by atoms with Crippen molar-refractivity contribution in [1.82, 2.24) is 5.32 Å². The lowest BCUT2D eigenvalue weighted by molar-refractivity contribution is 0.0945. The maximum atomic E-state index is 12.2. The van der Waals surface area contributed by atoms with Crippen molar-refractivity contribution in [1.29, 1.82) is 0 Å². The maximum Gasteiger partial charge on any atom is 0.257 e. The van der Waals surface area contributed by atoms with Crippen molar-refractivity contribution < 1.29 is 13.9 Å². The summed E-state index contributed by atoms with van der Waals surface area (Å²) in [5, 5.41) is 3.47. The van der Waals surface area contributed by atoms with E-state index in [0.29, 0.717) is 10.8 Å². The molecule has 1 N–H and O–H groups in total. The highest BCUT2D eigenvalue weighted by Gasteiger charge is 2.19. The molecule has 106 valence electrons. The molecule has 7 heteroatoms. The molecule has 2 aromatic rings. The van der Waals surface area contributed by atoms with Crippen molar-refractivity contribution in [2.45, 2.75) is 6.54 Å². The summed E-state index contributed by atoms with van der Waals surface area (Å²) in [4.78, 5) is 12.2. The zero-order valence-corrected chi connectivity index (χ0v) is 12.6. The summed E-state index contributed by atoms with van der Waals surface area (Å²) in [5.74, 6) is 0.344. The number of rotatable bonds is 4. The van der Waals surface area contributed by atoms with Gasteiger partial charge in [0.2, 0.25) is 0 Å². The third-order valence-corrected chi connectivity index (χ3v) is 3.36. The molecule has 0 saturated carbocycles. The average Bonchev–Trinajstić information content (AvgIpc) is 2.84. The number of benzene rings is 1. The second-order valence-electron chi connectivity index (χ2n) is 3.83. The quantitative estimate of drug-likeness (QED) is 0.912. The molecule has 4 nitrogen and oxygen atoms in total. The first kappa shape index (κ1) is 15.0. The van der Waals surface area contributed by atoms with Gasteiger partial charge in [0.15, 0.2) is 11.0 Å². The summed E-state index contributed by atoms with van der Waals surface area (Å²) in [6.45, 7) is 0.178. The molecule has 0 aliphatic carbocycles. The van der Waals surface area contributed by atoms with Gasteiger partial charge < -0.3 is 14.5 Å². The Morgan fingerprint density at radius 1 is 1.20 bits per heavy atom. The highest BCUT2D eigenvalue weighted by atomic mass is 35.5. The summed E-state index contributed by atoms with van der Waals surface area (Å²) in [5.41, 5.74) is 0.180. The van der Waals surface area contributed by atoms with Gasteiger partial charge in [0, 0.05) is 0 Å². The minimum atomic E-state index is -0.415. The molecule has 2 rings (SSSR count).